The van der Waals surface area contributed by atoms with Crippen molar-refractivity contribution in [2.45, 2.75) is 5.41 Å². The molecule has 1 aliphatic heterocycles. The molecule has 1 aliphatic rings. The summed E-state index contributed by atoms with van der Waals surface area (Å²) >= 11 is 0. The van der Waals surface area contributed by atoms with E-state index in [1.165, 1.54) is 11.1 Å². The molecule has 0 radical (unpaired) electrons. The quantitative estimate of drug-likeness (QED) is 0.180. The van der Waals surface area contributed by atoms with Gasteiger partial charge >= 0.3 is 0 Å². The van der Waals surface area contributed by atoms with E-state index in [1.54, 1.807) is 0 Å². The average molecular weight is 639 g/mol. The predicted molar refractivity (Wildman–Crippen MR) is 204 cm³/mol. The Balaban J connectivity index is 1.22. The number of fused-ring (bicyclic) bond motifs is 6. The summed E-state index contributed by atoms with van der Waals surface area (Å²) in [7, 11) is 0. The molecule has 3 heteroatoms. The smallest absolute Gasteiger partial charge is 0.140 e. The van der Waals surface area contributed by atoms with Crippen molar-refractivity contribution in [1.29, 1.82) is 0 Å². The largest absolute Gasteiger partial charge is 0.456 e. The molecule has 0 N–H and O–H groups in total. The second kappa shape index (κ2) is 11.3. The summed E-state index contributed by atoms with van der Waals surface area (Å²) in [5, 5.41) is 4.44. The number of nitrogens with zero attached hydrogens (tertiary/aromatic N) is 2. The fourth-order valence-electron chi connectivity index (χ4n) is 8.07. The monoisotopic (exact) mass is 638 g/mol. The maximum Gasteiger partial charge on any atom is 0.140 e. The predicted octanol–water partition coefficient (Wildman–Crippen LogP) is 11.8. The van der Waals surface area contributed by atoms with Gasteiger partial charge in [-0.1, -0.05) is 158 Å². The van der Waals surface area contributed by atoms with Gasteiger partial charge in [0.15, 0.2) is 0 Å². The van der Waals surface area contributed by atoms with Gasteiger partial charge in [0.05, 0.1) is 22.1 Å². The summed E-state index contributed by atoms with van der Waals surface area (Å²) in [6.45, 7) is 0. The molecule has 3 heterocycles. The highest BCUT2D eigenvalue weighted by Crippen LogP contribution is 2.57. The van der Waals surface area contributed by atoms with Gasteiger partial charge < -0.3 is 4.74 Å². The third-order valence-electron chi connectivity index (χ3n) is 10.3. The minimum Gasteiger partial charge on any atom is -0.456 e. The van der Waals surface area contributed by atoms with Gasteiger partial charge in [0, 0.05) is 39.2 Å². The first-order chi connectivity index (χ1) is 24.8. The highest BCUT2D eigenvalue weighted by Gasteiger charge is 2.45. The molecule has 0 spiro atoms. The van der Waals surface area contributed by atoms with Crippen LogP contribution in [-0.4, -0.2) is 9.97 Å². The summed E-state index contributed by atoms with van der Waals surface area (Å²) < 4.78 is 6.99. The fraction of sp³-hybridized carbons (Fsp3) is 0.0213. The zero-order valence-corrected chi connectivity index (χ0v) is 27.1. The SMILES string of the molecule is c1ccc(C2(c3ccccc3)c3ccccc3Oc3c(-c4ccc(-c5ccc6ccc7cccnc7c6n5)c5ccccc45)cccc32)cc1. The zero-order chi connectivity index (χ0) is 33.1. The van der Waals surface area contributed by atoms with Gasteiger partial charge in [0.2, 0.25) is 0 Å². The van der Waals surface area contributed by atoms with E-state index in [0.717, 1.165) is 77.6 Å². The van der Waals surface area contributed by atoms with Crippen molar-refractivity contribution in [2.24, 2.45) is 0 Å². The van der Waals surface area contributed by atoms with E-state index >= 15 is 0 Å². The number of hydrogen-bond acceptors (Lipinski definition) is 3. The molecular formula is C47H30N2O. The molecule has 0 bridgehead atoms. The van der Waals surface area contributed by atoms with Gasteiger partial charge in [-0.2, -0.15) is 0 Å². The van der Waals surface area contributed by atoms with Crippen molar-refractivity contribution in [3.05, 3.63) is 204 Å². The van der Waals surface area contributed by atoms with Gasteiger partial charge in [-0.3, -0.25) is 4.98 Å². The van der Waals surface area contributed by atoms with Crippen LogP contribution in [0.25, 0.3) is 55.0 Å². The maximum absolute atomic E-state index is 6.99. The van der Waals surface area contributed by atoms with Crippen molar-refractivity contribution in [3.8, 4) is 33.9 Å². The van der Waals surface area contributed by atoms with Crippen molar-refractivity contribution < 1.29 is 4.74 Å². The molecule has 0 atom stereocenters. The number of ether oxygens (including phenoxy) is 1. The van der Waals surface area contributed by atoms with Crippen LogP contribution < -0.4 is 4.74 Å². The highest BCUT2D eigenvalue weighted by molar-refractivity contribution is 6.07. The molecule has 7 aromatic carbocycles. The Morgan fingerprint density at radius 3 is 1.82 bits per heavy atom. The zero-order valence-electron chi connectivity index (χ0n) is 27.1. The van der Waals surface area contributed by atoms with Gasteiger partial charge in [-0.15, -0.1) is 0 Å². The van der Waals surface area contributed by atoms with E-state index in [0.29, 0.717) is 0 Å². The average Bonchev–Trinajstić information content (AvgIpc) is 3.20. The molecule has 2 aromatic heterocycles. The Morgan fingerprint density at radius 1 is 0.420 bits per heavy atom. The first kappa shape index (κ1) is 28.4. The Bertz CT molecular complexity index is 2700. The summed E-state index contributed by atoms with van der Waals surface area (Å²) in [6, 6.07) is 62.4. The fourth-order valence-corrected chi connectivity index (χ4v) is 8.07. The van der Waals surface area contributed by atoms with Gasteiger partial charge in [-0.25, -0.2) is 4.98 Å². The van der Waals surface area contributed by atoms with Crippen LogP contribution in [0.1, 0.15) is 22.3 Å². The molecule has 0 saturated heterocycles. The molecule has 234 valence electrons. The minimum absolute atomic E-state index is 0.579. The molecule has 0 saturated carbocycles. The van der Waals surface area contributed by atoms with E-state index in [2.05, 4.69) is 170 Å². The Labute approximate surface area is 290 Å². The van der Waals surface area contributed by atoms with Gasteiger partial charge in [0.1, 0.15) is 11.5 Å². The molecule has 0 amide bonds. The topological polar surface area (TPSA) is 35.0 Å². The van der Waals surface area contributed by atoms with E-state index in [4.69, 9.17) is 14.7 Å². The van der Waals surface area contributed by atoms with Crippen LogP contribution >= 0.6 is 0 Å². The second-order valence-corrected chi connectivity index (χ2v) is 12.9. The van der Waals surface area contributed by atoms with Crippen molar-refractivity contribution in [1.82, 2.24) is 9.97 Å². The molecule has 10 rings (SSSR count). The Kier molecular flexibility index (Phi) is 6.40. The number of hydrogen-bond donors (Lipinski definition) is 0. The first-order valence-corrected chi connectivity index (χ1v) is 17.0. The number of pyridine rings is 2. The molecule has 0 aliphatic carbocycles. The van der Waals surface area contributed by atoms with Gasteiger partial charge in [0.25, 0.3) is 0 Å². The number of rotatable bonds is 4. The molecule has 3 nitrogen and oxygen atoms in total. The summed E-state index contributed by atoms with van der Waals surface area (Å²) in [4.78, 5) is 9.92. The maximum atomic E-state index is 6.99. The van der Waals surface area contributed by atoms with Crippen LogP contribution in [0.4, 0.5) is 0 Å². The first-order valence-electron chi connectivity index (χ1n) is 17.0. The Hall–Kier alpha value is -6.58. The molecule has 50 heavy (non-hydrogen) atoms. The second-order valence-electron chi connectivity index (χ2n) is 12.9. The number of para-hydroxylation sites is 2. The van der Waals surface area contributed by atoms with Crippen LogP contribution in [-0.2, 0) is 5.41 Å². The van der Waals surface area contributed by atoms with Crippen molar-refractivity contribution >= 4 is 32.6 Å². The lowest BCUT2D eigenvalue weighted by molar-refractivity contribution is 0.436. The standard InChI is InChI=1S/C47H30N2O/c1-3-14-33(15-4-1)47(34-16-5-2-6-17-34)40-21-9-10-23-43(40)50-46-39(20-11-22-41(46)47)37-27-28-38(36-19-8-7-18-35(36)37)42-29-26-32-25-24-31-13-12-30-48-44(31)45(32)49-42/h1-30H. The summed E-state index contributed by atoms with van der Waals surface area (Å²) in [6.07, 6.45) is 1.84. The lowest BCUT2D eigenvalue weighted by Crippen LogP contribution is -2.34. The number of benzene rings is 7. The van der Waals surface area contributed by atoms with Crippen molar-refractivity contribution in [2.75, 3.05) is 0 Å². The summed E-state index contributed by atoms with van der Waals surface area (Å²) in [5.41, 5.74) is 10.1. The van der Waals surface area contributed by atoms with Crippen LogP contribution in [0, 0.1) is 0 Å². The lowest BCUT2D eigenvalue weighted by atomic mass is 9.63. The number of aromatic nitrogens is 2. The Morgan fingerprint density at radius 2 is 1.04 bits per heavy atom. The third-order valence-corrected chi connectivity index (χ3v) is 10.3. The molecule has 9 aromatic rings. The normalized spacial score (nSPS) is 13.1. The van der Waals surface area contributed by atoms with E-state index in [9.17, 15) is 0 Å². The summed E-state index contributed by atoms with van der Waals surface area (Å²) in [5.74, 6) is 1.74. The minimum atomic E-state index is -0.579. The lowest BCUT2D eigenvalue weighted by Gasteiger charge is -2.42. The molecule has 0 unspecified atom stereocenters. The molecule has 0 fully saturated rings. The van der Waals surface area contributed by atoms with Crippen LogP contribution in [0.15, 0.2) is 182 Å². The molecular weight excluding hydrogens is 609 g/mol. The third kappa shape index (κ3) is 4.17. The van der Waals surface area contributed by atoms with E-state index in [-0.39, 0.29) is 0 Å². The van der Waals surface area contributed by atoms with Crippen LogP contribution in [0.5, 0.6) is 11.5 Å². The van der Waals surface area contributed by atoms with E-state index < -0.39 is 5.41 Å². The van der Waals surface area contributed by atoms with Gasteiger partial charge in [-0.05, 0) is 45.7 Å². The van der Waals surface area contributed by atoms with Crippen LogP contribution in [0.3, 0.4) is 0 Å². The highest BCUT2D eigenvalue weighted by atomic mass is 16.5. The van der Waals surface area contributed by atoms with Crippen LogP contribution in [0.2, 0.25) is 0 Å². The van der Waals surface area contributed by atoms with E-state index in [1.807, 2.05) is 12.3 Å². The van der Waals surface area contributed by atoms with Crippen molar-refractivity contribution in [3.63, 3.8) is 0 Å².